The first kappa shape index (κ1) is 18.4. The van der Waals surface area contributed by atoms with Crippen molar-refractivity contribution in [1.29, 1.82) is 0 Å². The Kier molecular flexibility index (Phi) is 8.27. The first-order valence-corrected chi connectivity index (χ1v) is 8.53. The number of carbonyl (C=O) groups excluding carboxylic acids is 1. The highest BCUT2D eigenvalue weighted by atomic mass is 16.5. The predicted octanol–water partition coefficient (Wildman–Crippen LogP) is 2.63. The van der Waals surface area contributed by atoms with E-state index in [4.69, 9.17) is 4.74 Å². The topological polar surface area (TPSA) is 32.8 Å². The van der Waals surface area contributed by atoms with E-state index in [1.54, 1.807) is 0 Å². The van der Waals surface area contributed by atoms with E-state index in [2.05, 4.69) is 18.7 Å². The highest BCUT2D eigenvalue weighted by Gasteiger charge is 2.23. The average Bonchev–Trinajstić information content (AvgIpc) is 2.46. The molecule has 0 saturated carbocycles. The van der Waals surface area contributed by atoms with E-state index in [0.29, 0.717) is 6.54 Å². The third-order valence-electron chi connectivity index (χ3n) is 4.44. The highest BCUT2D eigenvalue weighted by Crippen LogP contribution is 2.13. The molecule has 0 aliphatic carbocycles. The summed E-state index contributed by atoms with van der Waals surface area (Å²) in [6.07, 6.45) is 4.01. The molecule has 4 nitrogen and oxygen atoms in total. The first-order valence-electron chi connectivity index (χ1n) is 8.53. The largest absolute Gasteiger partial charge is 0.374 e. The van der Waals surface area contributed by atoms with Gasteiger partial charge in [-0.1, -0.05) is 34.1 Å². The molecule has 0 aromatic carbocycles. The van der Waals surface area contributed by atoms with E-state index in [0.717, 1.165) is 32.2 Å². The zero-order valence-electron chi connectivity index (χ0n) is 14.6. The summed E-state index contributed by atoms with van der Waals surface area (Å²) in [4.78, 5) is 16.2. The van der Waals surface area contributed by atoms with Crippen LogP contribution in [-0.2, 0) is 9.53 Å². The zero-order chi connectivity index (χ0) is 15.8. The Morgan fingerprint density at radius 1 is 1.38 bits per heavy atom. The summed E-state index contributed by atoms with van der Waals surface area (Å²) in [6, 6.07) is 0. The van der Waals surface area contributed by atoms with Crippen LogP contribution in [0.5, 0.6) is 0 Å². The van der Waals surface area contributed by atoms with Crippen molar-refractivity contribution in [1.82, 2.24) is 9.80 Å². The van der Waals surface area contributed by atoms with E-state index >= 15 is 0 Å². The Bertz CT molecular complexity index is 307. The number of nitrogens with zero attached hydrogens (tertiary/aromatic N) is 2. The molecular formula is C17H34N2O2. The molecule has 1 unspecified atom stereocenters. The van der Waals surface area contributed by atoms with Gasteiger partial charge in [0.1, 0.15) is 0 Å². The van der Waals surface area contributed by atoms with Crippen LogP contribution in [0.3, 0.4) is 0 Å². The Morgan fingerprint density at radius 2 is 2.10 bits per heavy atom. The van der Waals surface area contributed by atoms with Crippen LogP contribution in [0.2, 0.25) is 0 Å². The van der Waals surface area contributed by atoms with Crippen LogP contribution >= 0.6 is 0 Å². The fraction of sp³-hybridized carbons (Fsp3) is 0.941. The molecule has 1 saturated heterocycles. The first-order chi connectivity index (χ1) is 9.93. The summed E-state index contributed by atoms with van der Waals surface area (Å²) in [6.45, 7) is 13.1. The third-order valence-corrected chi connectivity index (χ3v) is 4.44. The number of hydrogen-bond acceptors (Lipinski definition) is 3. The van der Waals surface area contributed by atoms with Crippen molar-refractivity contribution in [3.05, 3.63) is 0 Å². The van der Waals surface area contributed by atoms with Gasteiger partial charge in [0.2, 0.25) is 5.91 Å². The average molecular weight is 298 g/mol. The van der Waals surface area contributed by atoms with Crippen LogP contribution in [0, 0.1) is 11.8 Å². The van der Waals surface area contributed by atoms with E-state index < -0.39 is 0 Å². The summed E-state index contributed by atoms with van der Waals surface area (Å²) < 4.78 is 5.82. The van der Waals surface area contributed by atoms with Crippen molar-refractivity contribution < 1.29 is 9.53 Å². The predicted molar refractivity (Wildman–Crippen MR) is 87.3 cm³/mol. The van der Waals surface area contributed by atoms with Crippen LogP contribution in [0.1, 0.15) is 47.0 Å². The van der Waals surface area contributed by atoms with Gasteiger partial charge in [0, 0.05) is 32.6 Å². The van der Waals surface area contributed by atoms with Crippen LogP contribution in [-0.4, -0.2) is 61.6 Å². The van der Waals surface area contributed by atoms with Gasteiger partial charge < -0.3 is 9.64 Å². The zero-order valence-corrected chi connectivity index (χ0v) is 14.6. The minimum Gasteiger partial charge on any atom is -0.374 e. The minimum absolute atomic E-state index is 0.0604. The lowest BCUT2D eigenvalue weighted by Gasteiger charge is -2.35. The summed E-state index contributed by atoms with van der Waals surface area (Å²) in [5.41, 5.74) is 0. The maximum Gasteiger partial charge on any atom is 0.224 e. The van der Waals surface area contributed by atoms with Crippen molar-refractivity contribution in [3.8, 4) is 0 Å². The quantitative estimate of drug-likeness (QED) is 0.690. The lowest BCUT2D eigenvalue weighted by Crippen LogP contribution is -2.48. The second kappa shape index (κ2) is 9.42. The van der Waals surface area contributed by atoms with E-state index in [1.807, 2.05) is 25.8 Å². The molecular weight excluding hydrogens is 264 g/mol. The Hall–Kier alpha value is -0.610. The molecule has 1 heterocycles. The molecule has 0 aromatic heterocycles. The fourth-order valence-electron chi connectivity index (χ4n) is 2.80. The van der Waals surface area contributed by atoms with Gasteiger partial charge in [-0.2, -0.15) is 0 Å². The number of carbonyl (C=O) groups is 1. The van der Waals surface area contributed by atoms with Gasteiger partial charge in [0.05, 0.1) is 12.7 Å². The van der Waals surface area contributed by atoms with Crippen LogP contribution in [0.15, 0.2) is 0 Å². The van der Waals surface area contributed by atoms with Gasteiger partial charge in [-0.3, -0.25) is 9.69 Å². The summed E-state index contributed by atoms with van der Waals surface area (Å²) >= 11 is 0. The Morgan fingerprint density at radius 3 is 2.71 bits per heavy atom. The molecule has 1 aliphatic heterocycles. The van der Waals surface area contributed by atoms with Crippen LogP contribution in [0.25, 0.3) is 0 Å². The normalized spacial score (nSPS) is 21.5. The molecule has 1 fully saturated rings. The molecule has 124 valence electrons. The van der Waals surface area contributed by atoms with Gasteiger partial charge >= 0.3 is 0 Å². The lowest BCUT2D eigenvalue weighted by atomic mass is 10.0. The smallest absolute Gasteiger partial charge is 0.224 e. The second-order valence-corrected chi connectivity index (χ2v) is 6.82. The van der Waals surface area contributed by atoms with E-state index in [-0.39, 0.29) is 17.9 Å². The standard InChI is InChI=1S/C17H34N2O2/c1-6-15(4)8-7-9-19-10-11-21-16(13-19)12-18(5)17(20)14(2)3/h14-16H,6-13H2,1-5H3/t15?,16-/m0/s1. The SMILES string of the molecule is CCC(C)CCCN1CCO[C@@H](CN(C)C(=O)C(C)C)C1. The van der Waals surface area contributed by atoms with Crippen molar-refractivity contribution >= 4 is 5.91 Å². The van der Waals surface area contributed by atoms with Crippen molar-refractivity contribution in [2.24, 2.45) is 11.8 Å². The second-order valence-electron chi connectivity index (χ2n) is 6.82. The number of morpholine rings is 1. The van der Waals surface area contributed by atoms with Gasteiger partial charge in [0.15, 0.2) is 0 Å². The van der Waals surface area contributed by atoms with Gasteiger partial charge in [-0.05, 0) is 25.3 Å². The van der Waals surface area contributed by atoms with Crippen LogP contribution < -0.4 is 0 Å². The maximum atomic E-state index is 11.9. The summed E-state index contributed by atoms with van der Waals surface area (Å²) in [7, 11) is 1.88. The monoisotopic (exact) mass is 298 g/mol. The van der Waals surface area contributed by atoms with E-state index in [1.165, 1.54) is 19.3 Å². The van der Waals surface area contributed by atoms with Gasteiger partial charge in [-0.25, -0.2) is 0 Å². The summed E-state index contributed by atoms with van der Waals surface area (Å²) in [5.74, 6) is 1.09. The Labute approximate surface area is 130 Å². The van der Waals surface area contributed by atoms with Crippen molar-refractivity contribution in [2.75, 3.05) is 39.8 Å². The highest BCUT2D eigenvalue weighted by molar-refractivity contribution is 5.77. The van der Waals surface area contributed by atoms with Gasteiger partial charge in [-0.15, -0.1) is 0 Å². The molecule has 21 heavy (non-hydrogen) atoms. The third kappa shape index (κ3) is 6.79. The fourth-order valence-corrected chi connectivity index (χ4v) is 2.80. The number of likely N-dealkylation sites (N-methyl/N-ethyl adjacent to an activating group) is 1. The van der Waals surface area contributed by atoms with Crippen molar-refractivity contribution in [2.45, 2.75) is 53.1 Å². The van der Waals surface area contributed by atoms with Gasteiger partial charge in [0.25, 0.3) is 0 Å². The molecule has 0 bridgehead atoms. The lowest BCUT2D eigenvalue weighted by molar-refractivity contribution is -0.136. The number of hydrogen-bond donors (Lipinski definition) is 0. The molecule has 0 spiro atoms. The number of rotatable bonds is 8. The number of amides is 1. The van der Waals surface area contributed by atoms with Crippen molar-refractivity contribution in [3.63, 3.8) is 0 Å². The molecule has 0 radical (unpaired) electrons. The van der Waals surface area contributed by atoms with E-state index in [9.17, 15) is 4.79 Å². The minimum atomic E-state index is 0.0604. The molecule has 0 aromatic rings. The molecule has 1 aliphatic rings. The molecule has 4 heteroatoms. The molecule has 2 atom stereocenters. The number of ether oxygens (including phenoxy) is 1. The summed E-state index contributed by atoms with van der Waals surface area (Å²) in [5, 5.41) is 0. The van der Waals surface area contributed by atoms with Crippen LogP contribution in [0.4, 0.5) is 0 Å². The molecule has 0 N–H and O–H groups in total. The maximum absolute atomic E-state index is 11.9. The molecule has 1 amide bonds. The molecule has 1 rings (SSSR count). The Balaban J connectivity index is 2.30.